The maximum absolute atomic E-state index is 11.5. The number of benzene rings is 2. The molecule has 0 bridgehead atoms. The van der Waals surface area contributed by atoms with E-state index in [1.165, 1.54) is 29.6 Å². The van der Waals surface area contributed by atoms with Crippen molar-refractivity contribution in [3.8, 4) is 0 Å². The van der Waals surface area contributed by atoms with Crippen molar-refractivity contribution in [3.05, 3.63) is 85.0 Å². The Bertz CT molecular complexity index is 915. The summed E-state index contributed by atoms with van der Waals surface area (Å²) >= 11 is 0. The van der Waals surface area contributed by atoms with Crippen LogP contribution < -0.4 is 10.4 Å². The molecule has 3 nitrogen and oxygen atoms in total. The lowest BCUT2D eigenvalue weighted by Crippen LogP contribution is -2.67. The van der Waals surface area contributed by atoms with Gasteiger partial charge in [0.1, 0.15) is 0 Å². The molecule has 5 heteroatoms. The van der Waals surface area contributed by atoms with E-state index in [1.807, 2.05) is 6.08 Å². The molecule has 2 aromatic carbocycles. The van der Waals surface area contributed by atoms with Gasteiger partial charge in [-0.15, -0.1) is 0 Å². The van der Waals surface area contributed by atoms with Crippen LogP contribution in [0.5, 0.6) is 0 Å². The average Bonchev–Trinajstić information content (AvgIpc) is 2.81. The van der Waals surface area contributed by atoms with Crippen molar-refractivity contribution < 1.29 is 14.0 Å². The first-order valence-corrected chi connectivity index (χ1v) is 18.3. The summed E-state index contributed by atoms with van der Waals surface area (Å²) in [5.74, 6) is -0.319. The molecule has 0 fully saturated rings. The molecule has 2 rings (SSSR count). The molecule has 35 heavy (non-hydrogen) atoms. The maximum atomic E-state index is 11.5. The Morgan fingerprint density at radius 2 is 1.43 bits per heavy atom. The normalized spacial score (nSPS) is 13.9. The molecule has 0 aliphatic heterocycles. The first kappa shape index (κ1) is 29.0. The third kappa shape index (κ3) is 8.74. The van der Waals surface area contributed by atoms with Crippen molar-refractivity contribution >= 4 is 32.7 Å². The van der Waals surface area contributed by atoms with E-state index in [-0.39, 0.29) is 17.1 Å². The fourth-order valence-corrected chi connectivity index (χ4v) is 10.1. The summed E-state index contributed by atoms with van der Waals surface area (Å²) in [5.41, 5.74) is 0. The summed E-state index contributed by atoms with van der Waals surface area (Å²) in [4.78, 5) is 11.5. The van der Waals surface area contributed by atoms with E-state index in [9.17, 15) is 4.79 Å². The Morgan fingerprint density at radius 1 is 0.886 bits per heavy atom. The molecular formula is C30H44O3Si2. The summed E-state index contributed by atoms with van der Waals surface area (Å²) < 4.78 is 12.1. The molecule has 0 spiro atoms. The Balaban J connectivity index is 2.48. The average molecular weight is 509 g/mol. The van der Waals surface area contributed by atoms with Crippen molar-refractivity contribution in [3.63, 3.8) is 0 Å². The Kier molecular flexibility index (Phi) is 10.9. The van der Waals surface area contributed by atoms with Crippen molar-refractivity contribution in [1.29, 1.82) is 0 Å². The number of hydrogen-bond acceptors (Lipinski definition) is 3. The first-order chi connectivity index (χ1) is 16.5. The van der Waals surface area contributed by atoms with Crippen molar-refractivity contribution in [2.75, 3.05) is 7.11 Å². The van der Waals surface area contributed by atoms with Gasteiger partial charge in [-0.3, -0.25) is 0 Å². The van der Waals surface area contributed by atoms with Crippen molar-refractivity contribution in [2.45, 2.75) is 76.9 Å². The van der Waals surface area contributed by atoms with Gasteiger partial charge in [0.2, 0.25) is 0 Å². The summed E-state index contributed by atoms with van der Waals surface area (Å²) in [7, 11) is -2.36. The number of carbonyl (C=O) groups excluding carboxylic acids is 1. The minimum absolute atomic E-state index is 0.0507. The topological polar surface area (TPSA) is 35.5 Å². The van der Waals surface area contributed by atoms with E-state index < -0.39 is 16.4 Å². The lowest BCUT2D eigenvalue weighted by Gasteiger charge is -2.44. The van der Waals surface area contributed by atoms with Crippen LogP contribution in [0.1, 0.15) is 40.0 Å². The largest absolute Gasteiger partial charge is 0.466 e. The van der Waals surface area contributed by atoms with Crippen LogP contribution in [0.4, 0.5) is 0 Å². The highest BCUT2D eigenvalue weighted by Gasteiger charge is 2.51. The van der Waals surface area contributed by atoms with Gasteiger partial charge in [0.15, 0.2) is 0 Å². The predicted molar refractivity (Wildman–Crippen MR) is 155 cm³/mol. The highest BCUT2D eigenvalue weighted by Crippen LogP contribution is 2.38. The van der Waals surface area contributed by atoms with Crippen molar-refractivity contribution in [2.24, 2.45) is 0 Å². The van der Waals surface area contributed by atoms with Gasteiger partial charge >= 0.3 is 5.97 Å². The van der Waals surface area contributed by atoms with Gasteiger partial charge < -0.3 is 9.16 Å². The van der Waals surface area contributed by atoms with Gasteiger partial charge in [-0.25, -0.2) is 4.79 Å². The van der Waals surface area contributed by atoms with Gasteiger partial charge in [-0.2, -0.15) is 0 Å². The highest BCUT2D eigenvalue weighted by atomic mass is 28.4. The molecule has 0 radical (unpaired) electrons. The molecule has 190 valence electrons. The molecule has 0 unspecified atom stereocenters. The van der Waals surface area contributed by atoms with Crippen LogP contribution >= 0.6 is 0 Å². The molecule has 0 saturated heterocycles. The van der Waals surface area contributed by atoms with Gasteiger partial charge in [-0.05, 0) is 34.7 Å². The molecule has 0 N–H and O–H groups in total. The van der Waals surface area contributed by atoms with E-state index in [4.69, 9.17) is 9.16 Å². The minimum atomic E-state index is -2.66. The van der Waals surface area contributed by atoms with E-state index in [2.05, 4.69) is 113 Å². The maximum Gasteiger partial charge on any atom is 0.330 e. The minimum Gasteiger partial charge on any atom is -0.466 e. The van der Waals surface area contributed by atoms with E-state index >= 15 is 0 Å². The van der Waals surface area contributed by atoms with Crippen LogP contribution in [0.2, 0.25) is 30.7 Å². The molecule has 0 aliphatic carbocycles. The Labute approximate surface area is 215 Å². The third-order valence-electron chi connectivity index (χ3n) is 6.23. The Morgan fingerprint density at radius 3 is 1.89 bits per heavy atom. The fourth-order valence-electron chi connectivity index (χ4n) is 4.39. The van der Waals surface area contributed by atoms with Gasteiger partial charge in [-0.1, -0.05) is 125 Å². The predicted octanol–water partition coefficient (Wildman–Crippen LogP) is 6.73. The molecule has 1 atom stereocenters. The summed E-state index contributed by atoms with van der Waals surface area (Å²) in [5, 5.41) is 2.48. The number of methoxy groups -OCH3 is 1. The van der Waals surface area contributed by atoms with Crippen LogP contribution in [0, 0.1) is 0 Å². The van der Waals surface area contributed by atoms with E-state index in [1.54, 1.807) is 0 Å². The molecule has 0 aromatic heterocycles. The monoisotopic (exact) mass is 508 g/mol. The van der Waals surface area contributed by atoms with Gasteiger partial charge in [0.05, 0.1) is 13.2 Å². The van der Waals surface area contributed by atoms with Crippen molar-refractivity contribution in [1.82, 2.24) is 0 Å². The zero-order valence-electron chi connectivity index (χ0n) is 22.7. The fraction of sp³-hybridized carbons (Fsp3) is 0.433. The summed E-state index contributed by atoms with van der Waals surface area (Å²) in [6, 6.07) is 22.8. The zero-order valence-corrected chi connectivity index (χ0v) is 24.7. The second-order valence-corrected chi connectivity index (χ2v) is 21.2. The van der Waals surface area contributed by atoms with E-state index in [0.717, 1.165) is 19.3 Å². The number of allylic oxidation sites excluding steroid dienone is 2. The second-order valence-electron chi connectivity index (χ2n) is 11.3. The quantitative estimate of drug-likeness (QED) is 0.138. The molecule has 0 heterocycles. The molecule has 0 amide bonds. The number of ether oxygens (including phenoxy) is 1. The lowest BCUT2D eigenvalue weighted by atomic mass is 10.1. The number of carbonyl (C=O) groups is 1. The van der Waals surface area contributed by atoms with Gasteiger partial charge in [0.25, 0.3) is 8.32 Å². The molecule has 0 aliphatic rings. The Hall–Kier alpha value is -2.22. The molecule has 0 saturated carbocycles. The summed E-state index contributed by atoms with van der Waals surface area (Å²) in [6.07, 6.45) is 10.6. The van der Waals surface area contributed by atoms with Gasteiger partial charge in [0, 0.05) is 14.1 Å². The van der Waals surface area contributed by atoms with Crippen LogP contribution in [-0.4, -0.2) is 35.6 Å². The number of hydrogen-bond donors (Lipinski definition) is 0. The summed E-state index contributed by atoms with van der Waals surface area (Å²) in [6.45, 7) is 14.2. The highest BCUT2D eigenvalue weighted by molar-refractivity contribution is 6.99. The van der Waals surface area contributed by atoms with Crippen LogP contribution in [-0.2, 0) is 14.0 Å². The SMILES string of the molecule is COC(=O)/C=C/CC[C@@H](/C=C/CC[Si](C)(C)C)O[Si](c1ccccc1)(c1ccccc1)C(C)(C)C. The van der Waals surface area contributed by atoms with Crippen LogP contribution in [0.3, 0.4) is 0 Å². The molecular weight excluding hydrogens is 464 g/mol. The third-order valence-corrected chi connectivity index (χ3v) is 13.1. The second kappa shape index (κ2) is 13.2. The smallest absolute Gasteiger partial charge is 0.330 e. The molecule has 2 aromatic rings. The zero-order chi connectivity index (χ0) is 26.0. The first-order valence-electron chi connectivity index (χ1n) is 12.7. The van der Waals surface area contributed by atoms with E-state index in [0.29, 0.717) is 0 Å². The number of esters is 1. The number of rotatable bonds is 12. The standard InChI is InChI=1S/C30H44O3Si2/c1-30(2,3)35(27-20-10-8-11-21-27,28-22-12-9-13-23-28)33-26(18-14-15-24-29(31)32-4)19-16-17-25-34(5,6)7/h8-13,15-16,19-24,26H,14,17-18,25H2,1-7H3/b19-16+,24-15+/t26-/m0/s1. The van der Waals surface area contributed by atoms with Crippen LogP contribution in [0.25, 0.3) is 0 Å². The van der Waals surface area contributed by atoms with Crippen LogP contribution in [0.15, 0.2) is 85.0 Å². The lowest BCUT2D eigenvalue weighted by molar-refractivity contribution is -0.134.